The Hall–Kier alpha value is -2.11. The number of aryl methyl sites for hydroxylation is 1. The van der Waals surface area contributed by atoms with E-state index in [2.05, 4.69) is 9.71 Å². The van der Waals surface area contributed by atoms with Crippen LogP contribution >= 0.6 is 0 Å². The minimum absolute atomic E-state index is 0.138. The first kappa shape index (κ1) is 15.3. The van der Waals surface area contributed by atoms with E-state index in [0.29, 0.717) is 0 Å². The highest BCUT2D eigenvalue weighted by atomic mass is 32.2. The van der Waals surface area contributed by atoms with Crippen molar-refractivity contribution in [2.45, 2.75) is 5.03 Å². The van der Waals surface area contributed by atoms with Crippen LogP contribution < -0.4 is 14.6 Å². The molecule has 114 valence electrons. The molecule has 0 aliphatic rings. The Morgan fingerprint density at radius 3 is 2.29 bits per heavy atom. The molecule has 9 nitrogen and oxygen atoms in total. The lowest BCUT2D eigenvalue weighted by atomic mass is 10.3. The van der Waals surface area contributed by atoms with Crippen LogP contribution in [-0.2, 0) is 27.3 Å². The Morgan fingerprint density at radius 1 is 1.14 bits per heavy atom. The summed E-state index contributed by atoms with van der Waals surface area (Å²) in [5, 5.41) is 4.70. The van der Waals surface area contributed by atoms with Crippen molar-refractivity contribution in [3.8, 4) is 0 Å². The number of benzene rings is 1. The number of imidazole rings is 1. The second-order valence-corrected chi connectivity index (χ2v) is 7.13. The van der Waals surface area contributed by atoms with Gasteiger partial charge in [-0.3, -0.25) is 9.44 Å². The molecule has 0 saturated carbocycles. The van der Waals surface area contributed by atoms with Gasteiger partial charge in [-0.05, 0) is 18.2 Å². The van der Waals surface area contributed by atoms with Gasteiger partial charge < -0.3 is 4.57 Å². The first-order valence-corrected chi connectivity index (χ1v) is 8.60. The predicted molar refractivity (Wildman–Crippen MR) is 77.2 cm³/mol. The normalized spacial score (nSPS) is 12.1. The van der Waals surface area contributed by atoms with Crippen LogP contribution in [0.25, 0.3) is 0 Å². The van der Waals surface area contributed by atoms with Crippen molar-refractivity contribution >= 4 is 31.6 Å². The number of anilines is 2. The largest absolute Gasteiger partial charge is 0.339 e. The second-order valence-electron chi connectivity index (χ2n) is 4.21. The van der Waals surface area contributed by atoms with Gasteiger partial charge in [0.05, 0.1) is 17.7 Å². The van der Waals surface area contributed by atoms with Crippen LogP contribution in [0.15, 0.2) is 41.8 Å². The van der Waals surface area contributed by atoms with Gasteiger partial charge in [-0.2, -0.15) is 16.8 Å². The molecule has 0 atom stereocenters. The summed E-state index contributed by atoms with van der Waals surface area (Å²) in [5.41, 5.74) is 0.313. The van der Waals surface area contributed by atoms with Crippen LogP contribution in [0.1, 0.15) is 0 Å². The minimum atomic E-state index is -3.93. The van der Waals surface area contributed by atoms with Crippen LogP contribution in [0.4, 0.5) is 11.4 Å². The predicted octanol–water partition coefficient (Wildman–Crippen LogP) is -0.164. The molecule has 0 fully saturated rings. The SMILES string of the molecule is Cn1cnc(S(=O)(=O)Nc2cccc(NS(N)(=O)=O)c2)c1. The maximum Gasteiger partial charge on any atom is 0.296 e. The third-order valence-corrected chi connectivity index (χ3v) is 4.12. The number of nitrogens with one attached hydrogen (secondary N) is 2. The summed E-state index contributed by atoms with van der Waals surface area (Å²) in [5.74, 6) is 0. The van der Waals surface area contributed by atoms with E-state index in [9.17, 15) is 16.8 Å². The van der Waals surface area contributed by atoms with Gasteiger partial charge in [0, 0.05) is 13.2 Å². The molecule has 0 aliphatic heterocycles. The number of nitrogens with two attached hydrogens (primary N) is 1. The van der Waals surface area contributed by atoms with Crippen molar-refractivity contribution in [3.63, 3.8) is 0 Å². The van der Waals surface area contributed by atoms with Gasteiger partial charge in [-0.25, -0.2) is 10.1 Å². The molecule has 0 spiro atoms. The molecule has 2 rings (SSSR count). The minimum Gasteiger partial charge on any atom is -0.339 e. The Kier molecular flexibility index (Phi) is 3.89. The molecule has 0 radical (unpaired) electrons. The summed E-state index contributed by atoms with van der Waals surface area (Å²) in [6.45, 7) is 0. The van der Waals surface area contributed by atoms with Gasteiger partial charge in [0.2, 0.25) is 0 Å². The molecular formula is C10H13N5O4S2. The molecule has 0 aliphatic carbocycles. The number of hydrogen-bond acceptors (Lipinski definition) is 5. The van der Waals surface area contributed by atoms with Crippen LogP contribution in [-0.4, -0.2) is 26.4 Å². The zero-order chi connectivity index (χ0) is 15.7. The van der Waals surface area contributed by atoms with Gasteiger partial charge in [-0.1, -0.05) is 6.07 Å². The molecule has 0 saturated heterocycles. The van der Waals surface area contributed by atoms with E-state index in [0.717, 1.165) is 0 Å². The first-order chi connectivity index (χ1) is 9.66. The molecule has 11 heteroatoms. The average Bonchev–Trinajstić information content (AvgIpc) is 2.74. The number of rotatable bonds is 5. The van der Waals surface area contributed by atoms with E-state index in [1.807, 2.05) is 4.72 Å². The lowest BCUT2D eigenvalue weighted by Gasteiger charge is -2.08. The van der Waals surface area contributed by atoms with Crippen molar-refractivity contribution < 1.29 is 16.8 Å². The monoisotopic (exact) mass is 331 g/mol. The maximum absolute atomic E-state index is 12.1. The zero-order valence-corrected chi connectivity index (χ0v) is 12.5. The van der Waals surface area contributed by atoms with E-state index in [1.165, 1.54) is 41.4 Å². The van der Waals surface area contributed by atoms with Crippen molar-refractivity contribution in [2.75, 3.05) is 9.44 Å². The molecular weight excluding hydrogens is 318 g/mol. The van der Waals surface area contributed by atoms with E-state index in [1.54, 1.807) is 7.05 Å². The fraction of sp³-hybridized carbons (Fsp3) is 0.100. The van der Waals surface area contributed by atoms with E-state index < -0.39 is 20.2 Å². The van der Waals surface area contributed by atoms with Crippen LogP contribution in [0.2, 0.25) is 0 Å². The van der Waals surface area contributed by atoms with Gasteiger partial charge in [0.15, 0.2) is 5.03 Å². The lowest BCUT2D eigenvalue weighted by molar-refractivity contribution is 0.597. The molecule has 0 amide bonds. The van der Waals surface area contributed by atoms with E-state index >= 15 is 0 Å². The van der Waals surface area contributed by atoms with Gasteiger partial charge in [-0.15, -0.1) is 0 Å². The zero-order valence-electron chi connectivity index (χ0n) is 10.9. The molecule has 1 aromatic carbocycles. The average molecular weight is 331 g/mol. The summed E-state index contributed by atoms with van der Waals surface area (Å²) in [6, 6.07) is 5.67. The molecule has 2 aromatic rings. The smallest absolute Gasteiger partial charge is 0.296 e. The summed E-state index contributed by atoms with van der Waals surface area (Å²) in [7, 11) is -6.13. The number of aromatic nitrogens is 2. The third kappa shape index (κ3) is 4.18. The molecule has 4 N–H and O–H groups in total. The van der Waals surface area contributed by atoms with E-state index in [4.69, 9.17) is 5.14 Å². The fourth-order valence-electron chi connectivity index (χ4n) is 1.55. The first-order valence-electron chi connectivity index (χ1n) is 5.57. The second kappa shape index (κ2) is 5.35. The van der Waals surface area contributed by atoms with Crippen molar-refractivity contribution in [3.05, 3.63) is 36.8 Å². The van der Waals surface area contributed by atoms with Crippen molar-refractivity contribution in [1.82, 2.24) is 9.55 Å². The summed E-state index contributed by atoms with van der Waals surface area (Å²) in [4.78, 5) is 3.75. The van der Waals surface area contributed by atoms with E-state index in [-0.39, 0.29) is 16.4 Å². The highest BCUT2D eigenvalue weighted by molar-refractivity contribution is 7.92. The summed E-state index contributed by atoms with van der Waals surface area (Å²) < 4.78 is 51.8. The number of sulfonamides is 1. The summed E-state index contributed by atoms with van der Waals surface area (Å²) >= 11 is 0. The summed E-state index contributed by atoms with van der Waals surface area (Å²) in [6.07, 6.45) is 2.70. The van der Waals surface area contributed by atoms with Crippen molar-refractivity contribution in [1.29, 1.82) is 0 Å². The molecule has 1 aromatic heterocycles. The quantitative estimate of drug-likeness (QED) is 0.699. The molecule has 0 unspecified atom stereocenters. The fourth-order valence-corrected chi connectivity index (χ4v) is 3.03. The molecule has 1 heterocycles. The van der Waals surface area contributed by atoms with Crippen LogP contribution in [0, 0.1) is 0 Å². The third-order valence-electron chi connectivity index (χ3n) is 2.33. The van der Waals surface area contributed by atoms with Crippen LogP contribution in [0.3, 0.4) is 0 Å². The Labute approximate surface area is 122 Å². The molecule has 21 heavy (non-hydrogen) atoms. The maximum atomic E-state index is 12.1. The number of hydrogen-bond donors (Lipinski definition) is 3. The van der Waals surface area contributed by atoms with Crippen LogP contribution in [0.5, 0.6) is 0 Å². The Balaban J connectivity index is 2.26. The molecule has 0 bridgehead atoms. The number of nitrogens with zero attached hydrogens (tertiary/aromatic N) is 2. The van der Waals surface area contributed by atoms with Crippen molar-refractivity contribution in [2.24, 2.45) is 12.2 Å². The highest BCUT2D eigenvalue weighted by Crippen LogP contribution is 2.19. The van der Waals surface area contributed by atoms with Gasteiger partial charge in [0.25, 0.3) is 20.2 Å². The Bertz CT molecular complexity index is 857. The lowest BCUT2D eigenvalue weighted by Crippen LogP contribution is -2.21. The van der Waals surface area contributed by atoms with Gasteiger partial charge in [0.1, 0.15) is 0 Å². The standard InChI is InChI=1S/C10H13N5O4S2/c1-15-6-10(12-7-15)20(16,17)13-8-3-2-4-9(5-8)14-21(11,18)19/h2-7,13-14H,1H3,(H2,11,18,19). The topological polar surface area (TPSA) is 136 Å². The highest BCUT2D eigenvalue weighted by Gasteiger charge is 2.17. The Morgan fingerprint density at radius 2 is 1.76 bits per heavy atom. The van der Waals surface area contributed by atoms with Gasteiger partial charge >= 0.3 is 0 Å².